The maximum atomic E-state index is 12.0. The Kier molecular flexibility index (Phi) is 3.39. The van der Waals surface area contributed by atoms with Crippen molar-refractivity contribution < 1.29 is 4.79 Å². The highest BCUT2D eigenvalue weighted by Crippen LogP contribution is 2.49. The number of nitrogens with two attached hydrogens (primary N) is 1. The summed E-state index contributed by atoms with van der Waals surface area (Å²) >= 11 is 0. The summed E-state index contributed by atoms with van der Waals surface area (Å²) in [5, 5.41) is 0. The fraction of sp³-hybridized carbons (Fsp3) is 0.500. The largest absolute Gasteiger partial charge is 0.330 e. The lowest BCUT2D eigenvalue weighted by Crippen LogP contribution is -2.17. The van der Waals surface area contributed by atoms with Crippen molar-refractivity contribution >= 4 is 5.78 Å². The fourth-order valence-corrected chi connectivity index (χ4v) is 2.34. The molecule has 1 aromatic carbocycles. The van der Waals surface area contributed by atoms with Crippen molar-refractivity contribution in [3.8, 4) is 0 Å². The summed E-state index contributed by atoms with van der Waals surface area (Å²) in [5.41, 5.74) is 6.79. The summed E-state index contributed by atoms with van der Waals surface area (Å²) < 4.78 is 0. The standard InChI is InChI=1S/C14H19NO/c1-10(7-8-15)14(16)13-9-12(13)11-5-3-2-4-6-11/h2-6,10,12-13H,7-9,15H2,1H3. The Morgan fingerprint density at radius 3 is 2.75 bits per heavy atom. The van der Waals surface area contributed by atoms with Crippen LogP contribution in [0.1, 0.15) is 31.2 Å². The van der Waals surface area contributed by atoms with Crippen molar-refractivity contribution in [3.63, 3.8) is 0 Å². The van der Waals surface area contributed by atoms with Crippen LogP contribution in [-0.2, 0) is 4.79 Å². The van der Waals surface area contributed by atoms with E-state index in [1.54, 1.807) is 0 Å². The first-order valence-electron chi connectivity index (χ1n) is 6.02. The molecule has 1 aliphatic rings. The number of Topliss-reactive ketones (excluding diaryl/α,β-unsaturated/α-hetero) is 1. The predicted molar refractivity (Wildman–Crippen MR) is 65.1 cm³/mol. The van der Waals surface area contributed by atoms with Gasteiger partial charge in [-0.25, -0.2) is 0 Å². The van der Waals surface area contributed by atoms with Crippen LogP contribution >= 0.6 is 0 Å². The molecule has 0 bridgehead atoms. The predicted octanol–water partition coefficient (Wildman–Crippen LogP) is 2.34. The molecule has 3 atom stereocenters. The summed E-state index contributed by atoms with van der Waals surface area (Å²) in [4.78, 5) is 12.0. The van der Waals surface area contributed by atoms with Crippen LogP contribution in [0.2, 0.25) is 0 Å². The van der Waals surface area contributed by atoms with E-state index in [4.69, 9.17) is 5.73 Å². The first-order valence-corrected chi connectivity index (χ1v) is 6.02. The van der Waals surface area contributed by atoms with Gasteiger partial charge in [-0.1, -0.05) is 37.3 Å². The van der Waals surface area contributed by atoms with Gasteiger partial charge in [0.25, 0.3) is 0 Å². The lowest BCUT2D eigenvalue weighted by Gasteiger charge is -2.08. The monoisotopic (exact) mass is 217 g/mol. The quantitative estimate of drug-likeness (QED) is 0.822. The van der Waals surface area contributed by atoms with E-state index in [0.717, 1.165) is 12.8 Å². The summed E-state index contributed by atoms with van der Waals surface area (Å²) in [6.07, 6.45) is 1.84. The normalized spacial score (nSPS) is 25.1. The van der Waals surface area contributed by atoms with Crippen molar-refractivity contribution in [2.45, 2.75) is 25.7 Å². The molecular weight excluding hydrogens is 198 g/mol. The van der Waals surface area contributed by atoms with Gasteiger partial charge in [-0.15, -0.1) is 0 Å². The highest BCUT2D eigenvalue weighted by Gasteiger charge is 2.44. The Morgan fingerprint density at radius 1 is 1.44 bits per heavy atom. The molecule has 1 fully saturated rings. The molecule has 1 aliphatic carbocycles. The second-order valence-electron chi connectivity index (χ2n) is 4.74. The van der Waals surface area contributed by atoms with Crippen molar-refractivity contribution in [1.82, 2.24) is 0 Å². The van der Waals surface area contributed by atoms with Gasteiger partial charge in [0.2, 0.25) is 0 Å². The third-order valence-corrected chi connectivity index (χ3v) is 3.47. The Balaban J connectivity index is 1.94. The van der Waals surface area contributed by atoms with Gasteiger partial charge in [-0.3, -0.25) is 4.79 Å². The molecule has 3 unspecified atom stereocenters. The molecule has 0 aliphatic heterocycles. The second-order valence-corrected chi connectivity index (χ2v) is 4.74. The van der Waals surface area contributed by atoms with Gasteiger partial charge < -0.3 is 5.73 Å². The smallest absolute Gasteiger partial charge is 0.139 e. The van der Waals surface area contributed by atoms with Gasteiger partial charge in [0.1, 0.15) is 5.78 Å². The number of carbonyl (C=O) groups is 1. The molecule has 0 radical (unpaired) electrons. The first kappa shape index (κ1) is 11.3. The maximum Gasteiger partial charge on any atom is 0.139 e. The van der Waals surface area contributed by atoms with E-state index >= 15 is 0 Å². The van der Waals surface area contributed by atoms with Crippen molar-refractivity contribution in [2.24, 2.45) is 17.6 Å². The lowest BCUT2D eigenvalue weighted by molar-refractivity contribution is -0.123. The van der Waals surface area contributed by atoms with Crippen LogP contribution in [0.25, 0.3) is 0 Å². The molecule has 86 valence electrons. The second kappa shape index (κ2) is 4.79. The molecule has 0 heterocycles. The third kappa shape index (κ3) is 2.33. The SMILES string of the molecule is CC(CCN)C(=O)C1CC1c1ccccc1. The van der Waals surface area contributed by atoms with Gasteiger partial charge in [-0.05, 0) is 30.9 Å². The number of benzene rings is 1. The van der Waals surface area contributed by atoms with E-state index in [9.17, 15) is 4.79 Å². The van der Waals surface area contributed by atoms with Crippen LogP contribution in [0.3, 0.4) is 0 Å². The average molecular weight is 217 g/mol. The number of ketones is 1. The lowest BCUT2D eigenvalue weighted by atomic mass is 9.97. The molecule has 0 spiro atoms. The highest BCUT2D eigenvalue weighted by molar-refractivity contribution is 5.86. The van der Waals surface area contributed by atoms with Gasteiger partial charge in [0.15, 0.2) is 0 Å². The summed E-state index contributed by atoms with van der Waals surface area (Å²) in [7, 11) is 0. The number of rotatable bonds is 5. The first-order chi connectivity index (χ1) is 7.74. The molecule has 1 saturated carbocycles. The Labute approximate surface area is 96.8 Å². The fourth-order valence-electron chi connectivity index (χ4n) is 2.34. The minimum absolute atomic E-state index is 0.128. The zero-order valence-corrected chi connectivity index (χ0v) is 9.73. The van der Waals surface area contributed by atoms with Crippen molar-refractivity contribution in [3.05, 3.63) is 35.9 Å². The number of carbonyl (C=O) groups excluding carboxylic acids is 1. The number of hydrogen-bond acceptors (Lipinski definition) is 2. The highest BCUT2D eigenvalue weighted by atomic mass is 16.1. The minimum atomic E-state index is 0.128. The van der Waals surface area contributed by atoms with Crippen LogP contribution in [0, 0.1) is 11.8 Å². The molecule has 2 heteroatoms. The molecule has 1 aromatic rings. The van der Waals surface area contributed by atoms with Crippen molar-refractivity contribution in [1.29, 1.82) is 0 Å². The Hall–Kier alpha value is -1.15. The van der Waals surface area contributed by atoms with Crippen LogP contribution in [0.4, 0.5) is 0 Å². The summed E-state index contributed by atoms with van der Waals surface area (Å²) in [6, 6.07) is 10.3. The van der Waals surface area contributed by atoms with Gasteiger partial charge >= 0.3 is 0 Å². The van der Waals surface area contributed by atoms with Gasteiger partial charge in [0, 0.05) is 11.8 Å². The molecule has 0 saturated heterocycles. The molecule has 2 nitrogen and oxygen atoms in total. The van der Waals surface area contributed by atoms with Crippen molar-refractivity contribution in [2.75, 3.05) is 6.54 Å². The maximum absolute atomic E-state index is 12.0. The van der Waals surface area contributed by atoms with Gasteiger partial charge in [0.05, 0.1) is 0 Å². The Morgan fingerprint density at radius 2 is 2.12 bits per heavy atom. The molecule has 2 N–H and O–H groups in total. The van der Waals surface area contributed by atoms with Crippen LogP contribution in [0.15, 0.2) is 30.3 Å². The number of hydrogen-bond donors (Lipinski definition) is 1. The molecule has 0 amide bonds. The van der Waals surface area contributed by atoms with Crippen LogP contribution < -0.4 is 5.73 Å². The molecule has 0 aromatic heterocycles. The Bertz CT molecular complexity index is 360. The van der Waals surface area contributed by atoms with Gasteiger partial charge in [-0.2, -0.15) is 0 Å². The van der Waals surface area contributed by atoms with Crippen LogP contribution in [0.5, 0.6) is 0 Å². The summed E-state index contributed by atoms with van der Waals surface area (Å²) in [6.45, 7) is 2.60. The van der Waals surface area contributed by atoms with E-state index in [2.05, 4.69) is 12.1 Å². The minimum Gasteiger partial charge on any atom is -0.330 e. The van der Waals surface area contributed by atoms with E-state index in [-0.39, 0.29) is 11.8 Å². The summed E-state index contributed by atoms with van der Waals surface area (Å²) in [5.74, 6) is 1.25. The molecule has 2 rings (SSSR count). The third-order valence-electron chi connectivity index (χ3n) is 3.47. The van der Waals surface area contributed by atoms with E-state index in [1.807, 2.05) is 25.1 Å². The molecular formula is C14H19NO. The van der Waals surface area contributed by atoms with Crippen LogP contribution in [-0.4, -0.2) is 12.3 Å². The zero-order valence-electron chi connectivity index (χ0n) is 9.73. The zero-order chi connectivity index (χ0) is 11.5. The van der Waals surface area contributed by atoms with E-state index in [0.29, 0.717) is 18.2 Å². The topological polar surface area (TPSA) is 43.1 Å². The average Bonchev–Trinajstić information content (AvgIpc) is 3.09. The van der Waals surface area contributed by atoms with E-state index < -0.39 is 0 Å². The van der Waals surface area contributed by atoms with E-state index in [1.165, 1.54) is 5.56 Å². The molecule has 16 heavy (non-hydrogen) atoms.